The third-order valence-electron chi connectivity index (χ3n) is 2.79. The Bertz CT molecular complexity index is 817. The van der Waals surface area contributed by atoms with Crippen LogP contribution in [0.1, 0.15) is 10.4 Å². The summed E-state index contributed by atoms with van der Waals surface area (Å²) in [5, 5.41) is 34.3. The number of hydrogen-bond acceptors (Lipinski definition) is 8. The number of carbonyl (C=O) groups excluding carboxylic acids is 1. The van der Waals surface area contributed by atoms with Gasteiger partial charge in [-0.15, -0.1) is 0 Å². The van der Waals surface area contributed by atoms with Crippen LogP contribution in [-0.2, 0) is 0 Å². The fourth-order valence-electron chi connectivity index (χ4n) is 1.69. The highest BCUT2D eigenvalue weighted by molar-refractivity contribution is 6.04. The molecule has 2 aromatic rings. The number of anilines is 1. The number of nitro groups is 3. The van der Waals surface area contributed by atoms with Crippen LogP contribution < -0.4 is 5.32 Å². The largest absolute Gasteiger partial charge is 0.307 e. The average molecular weight is 333 g/mol. The second-order valence-electron chi connectivity index (χ2n) is 4.37. The molecule has 1 amide bonds. The number of pyridine rings is 1. The van der Waals surface area contributed by atoms with Gasteiger partial charge < -0.3 is 5.32 Å². The summed E-state index contributed by atoms with van der Waals surface area (Å²) >= 11 is 0. The maximum atomic E-state index is 12.1. The molecule has 1 N–H and O–H groups in total. The predicted octanol–water partition coefficient (Wildman–Crippen LogP) is 2.06. The monoisotopic (exact) mass is 333 g/mol. The predicted molar refractivity (Wildman–Crippen MR) is 78.6 cm³/mol. The number of aromatic nitrogens is 1. The van der Waals surface area contributed by atoms with Crippen molar-refractivity contribution in [2.75, 3.05) is 5.32 Å². The average Bonchev–Trinajstić information content (AvgIpc) is 2.54. The number of carbonyl (C=O) groups is 1. The van der Waals surface area contributed by atoms with E-state index in [2.05, 4.69) is 10.3 Å². The van der Waals surface area contributed by atoms with Gasteiger partial charge in [-0.3, -0.25) is 35.1 Å². The highest BCUT2D eigenvalue weighted by Gasteiger charge is 2.20. The summed E-state index contributed by atoms with van der Waals surface area (Å²) in [6.45, 7) is 0. The fourth-order valence-corrected chi connectivity index (χ4v) is 1.69. The maximum absolute atomic E-state index is 12.1. The molecule has 0 spiro atoms. The molecule has 0 aliphatic heterocycles. The number of nitro benzene ring substituents is 2. The maximum Gasteiger partial charge on any atom is 0.287 e. The molecule has 122 valence electrons. The molecule has 12 nitrogen and oxygen atoms in total. The van der Waals surface area contributed by atoms with Crippen LogP contribution in [-0.4, -0.2) is 25.7 Å². The van der Waals surface area contributed by atoms with Gasteiger partial charge in [-0.25, -0.2) is 4.98 Å². The lowest BCUT2D eigenvalue weighted by Crippen LogP contribution is -2.13. The SMILES string of the molecule is O=C(Nc1ccc([N+](=O)[O-])cn1)c1cc([N+](=O)[O-])cc([N+](=O)[O-])c1. The van der Waals surface area contributed by atoms with E-state index in [0.717, 1.165) is 36.5 Å². The minimum atomic E-state index is -0.886. The van der Waals surface area contributed by atoms with E-state index in [9.17, 15) is 35.1 Å². The minimum Gasteiger partial charge on any atom is -0.307 e. The molecule has 0 atom stereocenters. The van der Waals surface area contributed by atoms with Crippen molar-refractivity contribution in [3.63, 3.8) is 0 Å². The topological polar surface area (TPSA) is 171 Å². The lowest BCUT2D eigenvalue weighted by Gasteiger charge is -2.04. The highest BCUT2D eigenvalue weighted by atomic mass is 16.6. The van der Waals surface area contributed by atoms with Crippen LogP contribution >= 0.6 is 0 Å². The third kappa shape index (κ3) is 3.62. The van der Waals surface area contributed by atoms with Crippen LogP contribution in [0.15, 0.2) is 36.5 Å². The number of nitrogens with zero attached hydrogens (tertiary/aromatic N) is 4. The number of non-ortho nitro benzene ring substituents is 2. The lowest BCUT2D eigenvalue weighted by atomic mass is 10.1. The van der Waals surface area contributed by atoms with Crippen LogP contribution in [0.2, 0.25) is 0 Å². The van der Waals surface area contributed by atoms with Crippen molar-refractivity contribution >= 4 is 28.8 Å². The number of benzene rings is 1. The zero-order valence-corrected chi connectivity index (χ0v) is 11.6. The molecule has 0 aliphatic carbocycles. The van der Waals surface area contributed by atoms with Crippen molar-refractivity contribution in [3.05, 3.63) is 72.4 Å². The van der Waals surface area contributed by atoms with E-state index < -0.39 is 32.1 Å². The molecule has 0 saturated heterocycles. The Balaban J connectivity index is 2.30. The van der Waals surface area contributed by atoms with Gasteiger partial charge in [-0.1, -0.05) is 0 Å². The summed E-state index contributed by atoms with van der Waals surface area (Å²) in [6, 6.07) is 4.71. The first-order valence-electron chi connectivity index (χ1n) is 6.13. The molecule has 0 saturated carbocycles. The van der Waals surface area contributed by atoms with E-state index in [0.29, 0.717) is 0 Å². The van der Waals surface area contributed by atoms with Gasteiger partial charge in [0.1, 0.15) is 12.0 Å². The smallest absolute Gasteiger partial charge is 0.287 e. The minimum absolute atomic E-state index is 0.0558. The lowest BCUT2D eigenvalue weighted by molar-refractivity contribution is -0.394. The van der Waals surface area contributed by atoms with Crippen molar-refractivity contribution in [1.82, 2.24) is 4.98 Å². The van der Waals surface area contributed by atoms with Gasteiger partial charge in [0.15, 0.2) is 0 Å². The van der Waals surface area contributed by atoms with Crippen molar-refractivity contribution in [2.45, 2.75) is 0 Å². The molecule has 0 bridgehead atoms. The van der Waals surface area contributed by atoms with E-state index in [4.69, 9.17) is 0 Å². The quantitative estimate of drug-likeness (QED) is 0.639. The van der Waals surface area contributed by atoms with Gasteiger partial charge in [0.25, 0.3) is 23.0 Å². The van der Waals surface area contributed by atoms with Crippen LogP contribution in [0.3, 0.4) is 0 Å². The fraction of sp³-hybridized carbons (Fsp3) is 0. The molecule has 0 unspecified atom stereocenters. The Morgan fingerprint density at radius 3 is 1.83 bits per heavy atom. The van der Waals surface area contributed by atoms with Gasteiger partial charge in [-0.05, 0) is 6.07 Å². The third-order valence-corrected chi connectivity index (χ3v) is 2.79. The number of amides is 1. The molecular weight excluding hydrogens is 326 g/mol. The second-order valence-corrected chi connectivity index (χ2v) is 4.37. The van der Waals surface area contributed by atoms with E-state index in [1.165, 1.54) is 0 Å². The van der Waals surface area contributed by atoms with Gasteiger partial charge in [0.2, 0.25) is 0 Å². The van der Waals surface area contributed by atoms with Gasteiger partial charge >= 0.3 is 0 Å². The Kier molecular flexibility index (Phi) is 4.40. The molecule has 0 fully saturated rings. The Morgan fingerprint density at radius 2 is 1.42 bits per heavy atom. The second kappa shape index (κ2) is 6.43. The molecule has 0 aliphatic rings. The molecule has 2 rings (SSSR count). The molecular formula is C12H7N5O7. The van der Waals surface area contributed by atoms with Crippen molar-refractivity contribution in [1.29, 1.82) is 0 Å². The van der Waals surface area contributed by atoms with Crippen LogP contribution in [0, 0.1) is 30.3 Å². The normalized spacial score (nSPS) is 10.0. The zero-order valence-electron chi connectivity index (χ0n) is 11.6. The number of rotatable bonds is 5. The Labute approximate surface area is 132 Å². The Morgan fingerprint density at radius 1 is 0.875 bits per heavy atom. The van der Waals surface area contributed by atoms with E-state index in [1.807, 2.05) is 0 Å². The molecule has 24 heavy (non-hydrogen) atoms. The Hall–Kier alpha value is -3.96. The van der Waals surface area contributed by atoms with E-state index in [-0.39, 0.29) is 17.1 Å². The molecule has 1 aromatic heterocycles. The summed E-state index contributed by atoms with van der Waals surface area (Å²) in [7, 11) is 0. The summed E-state index contributed by atoms with van der Waals surface area (Å²) in [4.78, 5) is 45.4. The van der Waals surface area contributed by atoms with Crippen molar-refractivity contribution in [2.24, 2.45) is 0 Å². The van der Waals surface area contributed by atoms with Crippen LogP contribution in [0.5, 0.6) is 0 Å². The van der Waals surface area contributed by atoms with Crippen molar-refractivity contribution in [3.8, 4) is 0 Å². The van der Waals surface area contributed by atoms with Gasteiger partial charge in [-0.2, -0.15) is 0 Å². The molecule has 1 heterocycles. The van der Waals surface area contributed by atoms with Crippen LogP contribution in [0.25, 0.3) is 0 Å². The summed E-state index contributed by atoms with van der Waals surface area (Å²) < 4.78 is 0. The van der Waals surface area contributed by atoms with Gasteiger partial charge in [0, 0.05) is 18.2 Å². The molecule has 12 heteroatoms. The van der Waals surface area contributed by atoms with Crippen molar-refractivity contribution < 1.29 is 19.6 Å². The van der Waals surface area contributed by atoms with Crippen LogP contribution in [0.4, 0.5) is 22.9 Å². The van der Waals surface area contributed by atoms with Gasteiger partial charge in [0.05, 0.1) is 26.4 Å². The highest BCUT2D eigenvalue weighted by Crippen LogP contribution is 2.23. The zero-order chi connectivity index (χ0) is 17.9. The first kappa shape index (κ1) is 16.4. The molecule has 0 radical (unpaired) electrons. The van der Waals surface area contributed by atoms with E-state index >= 15 is 0 Å². The van der Waals surface area contributed by atoms with E-state index in [1.54, 1.807) is 0 Å². The number of hydrogen-bond donors (Lipinski definition) is 1. The summed E-state index contributed by atoms with van der Waals surface area (Å²) in [5.41, 5.74) is -1.85. The standard InChI is InChI=1S/C12H7N5O7/c18-12(14-11-2-1-8(6-13-11)15(19)20)7-3-9(16(21)22)5-10(4-7)17(23)24/h1-6H,(H,13,14,18). The molecule has 1 aromatic carbocycles. The first-order chi connectivity index (χ1) is 11.3. The number of nitrogens with one attached hydrogen (secondary N) is 1. The summed E-state index contributed by atoms with van der Waals surface area (Å²) in [6.07, 6.45) is 0.908. The summed E-state index contributed by atoms with van der Waals surface area (Å²) in [5.74, 6) is -0.942. The first-order valence-corrected chi connectivity index (χ1v) is 6.13.